The molecule has 0 aliphatic carbocycles. The lowest BCUT2D eigenvalue weighted by Gasteiger charge is -2.21. The summed E-state index contributed by atoms with van der Waals surface area (Å²) in [6.45, 7) is 3.92. The molecule has 34 heavy (non-hydrogen) atoms. The second kappa shape index (κ2) is 12.2. The van der Waals surface area contributed by atoms with Crippen molar-refractivity contribution in [2.24, 2.45) is 0 Å². The summed E-state index contributed by atoms with van der Waals surface area (Å²) in [5.41, 5.74) is 0. The summed E-state index contributed by atoms with van der Waals surface area (Å²) in [5, 5.41) is 1.54. The molecule has 0 amide bonds. The predicted octanol–water partition coefficient (Wildman–Crippen LogP) is 6.56. The monoisotopic (exact) mass is 504 g/mol. The zero-order valence-electron chi connectivity index (χ0n) is 19.8. The Bertz CT molecular complexity index is 1150. The van der Waals surface area contributed by atoms with Crippen LogP contribution in [0.2, 0.25) is 5.02 Å². The molecule has 0 aromatic heterocycles. The van der Waals surface area contributed by atoms with Crippen molar-refractivity contribution in [3.05, 3.63) is 47.5 Å². The Labute approximate surface area is 208 Å². The van der Waals surface area contributed by atoms with Gasteiger partial charge in [-0.05, 0) is 30.7 Å². The van der Waals surface area contributed by atoms with E-state index in [9.17, 15) is 9.35 Å². The molecule has 8 heteroatoms. The maximum atomic E-state index is 13.6. The highest BCUT2D eigenvalue weighted by Gasteiger charge is 2.30. The first-order valence-electron chi connectivity index (χ1n) is 11.1. The lowest BCUT2D eigenvalue weighted by molar-refractivity contribution is -0.131. The molecular weight excluding hydrogens is 476 g/mol. The zero-order valence-corrected chi connectivity index (χ0v) is 21.4. The van der Waals surface area contributed by atoms with E-state index in [2.05, 4.69) is 6.92 Å². The Balaban J connectivity index is 2.25. The number of methoxy groups -OCH3 is 2. The van der Waals surface area contributed by atoms with Crippen LogP contribution in [0.15, 0.2) is 52.3 Å². The molecule has 0 spiro atoms. The number of unbranched alkanes of at least 4 members (excludes halogenated alkanes) is 3. The zero-order chi connectivity index (χ0) is 24.7. The third-order valence-electron chi connectivity index (χ3n) is 5.22. The molecule has 3 aromatic carbocycles. The van der Waals surface area contributed by atoms with Gasteiger partial charge < -0.3 is 23.5 Å². The third-order valence-corrected chi connectivity index (χ3v) is 6.88. The maximum Gasteiger partial charge on any atom is 0.308 e. The highest BCUT2D eigenvalue weighted by molar-refractivity contribution is 7.91. The number of halogens is 1. The fourth-order valence-corrected chi connectivity index (χ4v) is 5.25. The van der Waals surface area contributed by atoms with Crippen LogP contribution in [0.4, 0.5) is 0 Å². The Hall–Kier alpha value is -2.61. The van der Waals surface area contributed by atoms with Gasteiger partial charge in [-0.15, -0.1) is 0 Å². The van der Waals surface area contributed by atoms with Crippen molar-refractivity contribution in [1.29, 1.82) is 0 Å². The van der Waals surface area contributed by atoms with Crippen molar-refractivity contribution in [3.63, 3.8) is 0 Å². The van der Waals surface area contributed by atoms with Crippen molar-refractivity contribution < 1.29 is 28.3 Å². The van der Waals surface area contributed by atoms with Gasteiger partial charge in [0.2, 0.25) is 11.5 Å². The molecule has 0 heterocycles. The number of rotatable bonds is 11. The van der Waals surface area contributed by atoms with Crippen molar-refractivity contribution in [1.82, 2.24) is 0 Å². The number of benzene rings is 3. The minimum absolute atomic E-state index is 0.131. The maximum absolute atomic E-state index is 13.6. The largest absolute Gasteiger partial charge is 0.606 e. The van der Waals surface area contributed by atoms with Gasteiger partial charge in [-0.25, -0.2) is 0 Å². The molecular formula is C26H29ClO6S. The van der Waals surface area contributed by atoms with Gasteiger partial charge in [-0.2, -0.15) is 0 Å². The van der Waals surface area contributed by atoms with E-state index in [-0.39, 0.29) is 11.5 Å². The lowest BCUT2D eigenvalue weighted by atomic mass is 10.1. The molecule has 0 radical (unpaired) electrons. The number of carbonyl (C=O) groups excluding carboxylic acids is 1. The number of carbonyl (C=O) groups is 1. The Kier molecular flexibility index (Phi) is 9.33. The van der Waals surface area contributed by atoms with Gasteiger partial charge in [0.25, 0.3) is 0 Å². The predicted molar refractivity (Wildman–Crippen MR) is 134 cm³/mol. The molecule has 3 aromatic rings. The first kappa shape index (κ1) is 26.0. The fraction of sp³-hybridized carbons (Fsp3) is 0.346. The van der Waals surface area contributed by atoms with Crippen LogP contribution in [0, 0.1) is 0 Å². The van der Waals surface area contributed by atoms with Crippen LogP contribution in [0.5, 0.6) is 23.0 Å². The highest BCUT2D eigenvalue weighted by atomic mass is 35.5. The molecule has 182 valence electrons. The molecule has 0 saturated heterocycles. The molecule has 0 saturated carbocycles. The van der Waals surface area contributed by atoms with Gasteiger partial charge in [-0.3, -0.25) is 4.79 Å². The molecule has 3 rings (SSSR count). The molecule has 0 bridgehead atoms. The van der Waals surface area contributed by atoms with Crippen LogP contribution in [-0.2, 0) is 16.0 Å². The van der Waals surface area contributed by atoms with Crippen LogP contribution in [0.1, 0.15) is 39.5 Å². The SMILES string of the molecule is CCCCCCOc1c(OC)c(OC)c(OC(C)=O)c2c([S+]([O-])c3cccc(Cl)c3)cccc12. The fourth-order valence-electron chi connectivity index (χ4n) is 3.72. The molecule has 1 atom stereocenters. The average Bonchev–Trinajstić information content (AvgIpc) is 2.83. The Morgan fingerprint density at radius 2 is 1.68 bits per heavy atom. The van der Waals surface area contributed by atoms with Gasteiger partial charge in [0.15, 0.2) is 21.3 Å². The molecule has 0 N–H and O–H groups in total. The van der Waals surface area contributed by atoms with Gasteiger partial charge >= 0.3 is 5.97 Å². The molecule has 0 aliphatic rings. The van der Waals surface area contributed by atoms with Gasteiger partial charge in [0, 0.05) is 34.6 Å². The van der Waals surface area contributed by atoms with Crippen molar-refractivity contribution in [2.75, 3.05) is 20.8 Å². The van der Waals surface area contributed by atoms with Crippen LogP contribution >= 0.6 is 11.6 Å². The first-order valence-corrected chi connectivity index (χ1v) is 12.6. The quantitative estimate of drug-likeness (QED) is 0.127. The van der Waals surface area contributed by atoms with Gasteiger partial charge in [-0.1, -0.05) is 49.9 Å². The summed E-state index contributed by atoms with van der Waals surface area (Å²) in [4.78, 5) is 13.0. The second-order valence-electron chi connectivity index (χ2n) is 7.63. The van der Waals surface area contributed by atoms with Gasteiger partial charge in [0.1, 0.15) is 0 Å². The molecule has 1 unspecified atom stereocenters. The van der Waals surface area contributed by atoms with E-state index in [4.69, 9.17) is 30.5 Å². The van der Waals surface area contributed by atoms with E-state index in [0.29, 0.717) is 43.7 Å². The summed E-state index contributed by atoms with van der Waals surface area (Å²) >= 11 is 4.52. The minimum atomic E-state index is -1.62. The second-order valence-corrected chi connectivity index (χ2v) is 9.52. The highest BCUT2D eigenvalue weighted by Crippen LogP contribution is 2.53. The average molecular weight is 505 g/mol. The van der Waals surface area contributed by atoms with E-state index >= 15 is 0 Å². The number of esters is 1. The molecule has 6 nitrogen and oxygen atoms in total. The van der Waals surface area contributed by atoms with E-state index in [1.165, 1.54) is 21.1 Å². The van der Waals surface area contributed by atoms with Crippen LogP contribution in [-0.4, -0.2) is 31.3 Å². The van der Waals surface area contributed by atoms with E-state index in [1.807, 2.05) is 6.07 Å². The number of hydrogen-bond acceptors (Lipinski definition) is 6. The summed E-state index contributed by atoms with van der Waals surface area (Å²) in [5.74, 6) is 0.549. The van der Waals surface area contributed by atoms with E-state index < -0.39 is 17.1 Å². The lowest BCUT2D eigenvalue weighted by Crippen LogP contribution is -2.10. The van der Waals surface area contributed by atoms with Crippen LogP contribution in [0.25, 0.3) is 10.8 Å². The summed E-state index contributed by atoms with van der Waals surface area (Å²) in [6, 6.07) is 12.2. The standard InChI is InChI=1S/C26H29ClO6S/c1-5-6-7-8-15-32-23-20-13-10-14-21(34(29)19-12-9-11-18(27)16-19)22(20)24(33-17(2)28)26(31-4)25(23)30-3/h9-14,16H,5-8,15H2,1-4H3. The Morgan fingerprint density at radius 1 is 0.971 bits per heavy atom. The number of hydrogen-bond donors (Lipinski definition) is 0. The first-order chi connectivity index (χ1) is 16.4. The van der Waals surface area contributed by atoms with Gasteiger partial charge in [0.05, 0.1) is 26.2 Å². The van der Waals surface area contributed by atoms with Crippen molar-refractivity contribution in [3.8, 4) is 23.0 Å². The van der Waals surface area contributed by atoms with E-state index in [0.717, 1.165) is 25.7 Å². The topological polar surface area (TPSA) is 77.0 Å². The summed E-state index contributed by atoms with van der Waals surface area (Å²) < 4.78 is 36.7. The van der Waals surface area contributed by atoms with Crippen LogP contribution < -0.4 is 18.9 Å². The van der Waals surface area contributed by atoms with Crippen molar-refractivity contribution >= 4 is 39.5 Å². The summed E-state index contributed by atoms with van der Waals surface area (Å²) in [7, 11) is 2.96. The smallest absolute Gasteiger partial charge is 0.308 e. The number of ether oxygens (including phenoxy) is 4. The Morgan fingerprint density at radius 3 is 2.32 bits per heavy atom. The molecule has 0 fully saturated rings. The normalized spacial score (nSPS) is 11.8. The van der Waals surface area contributed by atoms with E-state index in [1.54, 1.807) is 36.4 Å². The summed E-state index contributed by atoms with van der Waals surface area (Å²) in [6.07, 6.45) is 4.17. The minimum Gasteiger partial charge on any atom is -0.606 e. The molecule has 0 aliphatic heterocycles. The third kappa shape index (κ3) is 5.71. The number of fused-ring (bicyclic) bond motifs is 1. The van der Waals surface area contributed by atoms with Crippen molar-refractivity contribution in [2.45, 2.75) is 49.3 Å². The van der Waals surface area contributed by atoms with Crippen LogP contribution in [0.3, 0.4) is 0 Å².